The lowest BCUT2D eigenvalue weighted by atomic mass is 9.97. The van der Waals surface area contributed by atoms with Crippen molar-refractivity contribution in [2.75, 3.05) is 0 Å². The van der Waals surface area contributed by atoms with E-state index in [1.807, 2.05) is 60.7 Å². The Balaban J connectivity index is 1.56. The van der Waals surface area contributed by atoms with Crippen molar-refractivity contribution in [3.8, 4) is 0 Å². The van der Waals surface area contributed by atoms with Crippen LogP contribution in [-0.2, 0) is 36.9 Å². The second-order valence-electron chi connectivity index (χ2n) is 9.04. The van der Waals surface area contributed by atoms with E-state index in [9.17, 15) is 20.4 Å². The van der Waals surface area contributed by atoms with Crippen molar-refractivity contribution in [2.45, 2.75) is 88.5 Å². The average Bonchev–Trinajstić information content (AvgIpc) is 2.86. The molecule has 2 aromatic rings. The van der Waals surface area contributed by atoms with Crippen LogP contribution in [0.4, 0.5) is 0 Å². The largest absolute Gasteiger partial charge is 0.388 e. The molecule has 4 N–H and O–H groups in total. The fourth-order valence-corrected chi connectivity index (χ4v) is 4.37. The first-order valence-electron chi connectivity index (χ1n) is 11.8. The van der Waals surface area contributed by atoms with Gasteiger partial charge in [-0.3, -0.25) is 0 Å². The van der Waals surface area contributed by atoms with E-state index in [0.717, 1.165) is 11.1 Å². The van der Waals surface area contributed by atoms with Gasteiger partial charge in [-0.1, -0.05) is 60.7 Å². The summed E-state index contributed by atoms with van der Waals surface area (Å²) in [5, 5.41) is 41.6. The molecule has 35 heavy (non-hydrogen) atoms. The van der Waals surface area contributed by atoms with Crippen LogP contribution in [0.25, 0.3) is 0 Å². The molecule has 0 aromatic heterocycles. The van der Waals surface area contributed by atoms with E-state index in [2.05, 4.69) is 0 Å². The van der Waals surface area contributed by atoms with Gasteiger partial charge in [0.05, 0.1) is 25.4 Å². The Morgan fingerprint density at radius 3 is 1.74 bits per heavy atom. The smallest absolute Gasteiger partial charge is 0.187 e. The predicted molar refractivity (Wildman–Crippen MR) is 124 cm³/mol. The third kappa shape index (κ3) is 6.26. The zero-order chi connectivity index (χ0) is 24.9. The molecule has 0 bridgehead atoms. The van der Waals surface area contributed by atoms with Gasteiger partial charge in [0, 0.05) is 0 Å². The fraction of sp³-hybridized carbons (Fsp3) is 0.538. The molecule has 9 nitrogen and oxygen atoms in total. The normalized spacial score (nSPS) is 37.8. The third-order valence-electron chi connectivity index (χ3n) is 6.42. The Morgan fingerprint density at radius 2 is 1.17 bits per heavy atom. The molecular weight excluding hydrogens is 456 g/mol. The van der Waals surface area contributed by atoms with Gasteiger partial charge < -0.3 is 44.1 Å². The molecular formula is C26H34O9. The number of hydrogen-bond donors (Lipinski definition) is 4. The molecule has 2 aliphatic heterocycles. The summed E-state index contributed by atoms with van der Waals surface area (Å²) < 4.78 is 29.8. The summed E-state index contributed by atoms with van der Waals surface area (Å²) in [6.45, 7) is 3.76. The minimum absolute atomic E-state index is 0.178. The third-order valence-corrected chi connectivity index (χ3v) is 6.42. The summed E-state index contributed by atoms with van der Waals surface area (Å²) in [5.74, 6) is 0. The van der Waals surface area contributed by atoms with Crippen LogP contribution >= 0.6 is 0 Å². The summed E-state index contributed by atoms with van der Waals surface area (Å²) in [7, 11) is 0. The van der Waals surface area contributed by atoms with E-state index in [1.165, 1.54) is 0 Å². The van der Waals surface area contributed by atoms with E-state index in [-0.39, 0.29) is 13.2 Å². The fourth-order valence-electron chi connectivity index (χ4n) is 4.37. The van der Waals surface area contributed by atoms with Crippen LogP contribution in [-0.4, -0.2) is 81.8 Å². The van der Waals surface area contributed by atoms with Crippen LogP contribution in [0.2, 0.25) is 0 Å². The molecule has 192 valence electrons. The van der Waals surface area contributed by atoms with Gasteiger partial charge in [-0.05, 0) is 25.0 Å². The minimum Gasteiger partial charge on any atom is -0.388 e. The number of aliphatic hydroxyl groups excluding tert-OH is 4. The molecule has 0 aliphatic carbocycles. The first-order chi connectivity index (χ1) is 16.8. The molecule has 1 unspecified atom stereocenters. The molecule has 9 heteroatoms. The van der Waals surface area contributed by atoms with Gasteiger partial charge in [-0.25, -0.2) is 0 Å². The zero-order valence-corrected chi connectivity index (χ0v) is 19.8. The highest BCUT2D eigenvalue weighted by Crippen LogP contribution is 2.32. The maximum Gasteiger partial charge on any atom is 0.187 e. The molecule has 2 fully saturated rings. The van der Waals surface area contributed by atoms with Crippen LogP contribution < -0.4 is 0 Å². The van der Waals surface area contributed by atoms with Crippen LogP contribution in [0.15, 0.2) is 60.7 Å². The van der Waals surface area contributed by atoms with Gasteiger partial charge in [-0.15, -0.1) is 0 Å². The van der Waals surface area contributed by atoms with Crippen LogP contribution in [0.1, 0.15) is 25.0 Å². The van der Waals surface area contributed by atoms with Crippen molar-refractivity contribution in [1.82, 2.24) is 0 Å². The summed E-state index contributed by atoms with van der Waals surface area (Å²) in [6, 6.07) is 19.0. The van der Waals surface area contributed by atoms with Gasteiger partial charge in [0.15, 0.2) is 12.6 Å². The van der Waals surface area contributed by atoms with Crippen LogP contribution in [0.5, 0.6) is 0 Å². The number of rotatable bonds is 8. The highest BCUT2D eigenvalue weighted by molar-refractivity contribution is 5.14. The predicted octanol–water partition coefficient (Wildman–Crippen LogP) is 1.11. The van der Waals surface area contributed by atoms with Crippen molar-refractivity contribution in [3.05, 3.63) is 71.8 Å². The molecule has 0 spiro atoms. The highest BCUT2D eigenvalue weighted by atomic mass is 16.7. The van der Waals surface area contributed by atoms with Crippen molar-refractivity contribution in [1.29, 1.82) is 0 Å². The van der Waals surface area contributed by atoms with Gasteiger partial charge in [0.1, 0.15) is 36.6 Å². The number of benzene rings is 2. The van der Waals surface area contributed by atoms with Crippen molar-refractivity contribution in [2.24, 2.45) is 0 Å². The van der Waals surface area contributed by atoms with Crippen molar-refractivity contribution in [3.63, 3.8) is 0 Å². The van der Waals surface area contributed by atoms with Gasteiger partial charge in [-0.2, -0.15) is 0 Å². The van der Waals surface area contributed by atoms with Crippen LogP contribution in [0, 0.1) is 0 Å². The molecule has 2 saturated heterocycles. The maximum atomic E-state index is 10.8. The second-order valence-corrected chi connectivity index (χ2v) is 9.04. The standard InChI is InChI=1S/C26H34O9/c1-15-19(27)20(28)21(29)26(34-15)35-23-22(31-13-17-9-5-3-6-10-17)16(2)33-25(30)24(23)32-14-18-11-7-4-8-12-18/h3-12,15-16,19-30H,13-14H2,1-2H3/t15-,16-,19-,20+,21+,22-,23+,24+,25?,26-/m1/s1. The number of aliphatic hydroxyl groups is 4. The van der Waals surface area contributed by atoms with Gasteiger partial charge >= 0.3 is 0 Å². The Labute approximate surface area is 204 Å². The van der Waals surface area contributed by atoms with E-state index in [1.54, 1.807) is 13.8 Å². The van der Waals surface area contributed by atoms with Gasteiger partial charge in [0.2, 0.25) is 0 Å². The summed E-state index contributed by atoms with van der Waals surface area (Å²) in [5.41, 5.74) is 1.83. The molecule has 0 radical (unpaired) electrons. The number of hydrogen-bond acceptors (Lipinski definition) is 9. The molecule has 10 atom stereocenters. The summed E-state index contributed by atoms with van der Waals surface area (Å²) >= 11 is 0. The monoisotopic (exact) mass is 490 g/mol. The quantitative estimate of drug-likeness (QED) is 0.430. The maximum absolute atomic E-state index is 10.8. The topological polar surface area (TPSA) is 127 Å². The number of ether oxygens (including phenoxy) is 5. The zero-order valence-electron chi connectivity index (χ0n) is 19.8. The highest BCUT2D eigenvalue weighted by Gasteiger charge is 2.50. The Hall–Kier alpha value is -1.92. The Bertz CT molecular complexity index is 843. The van der Waals surface area contributed by atoms with Crippen molar-refractivity contribution < 1.29 is 44.1 Å². The van der Waals surface area contributed by atoms with Gasteiger partial charge in [0.25, 0.3) is 0 Å². The molecule has 2 heterocycles. The summed E-state index contributed by atoms with van der Waals surface area (Å²) in [6.07, 6.45) is -10.8. The lowest BCUT2D eigenvalue weighted by molar-refractivity contribution is -0.359. The first-order valence-corrected chi connectivity index (χ1v) is 11.8. The van der Waals surface area contributed by atoms with E-state index in [0.29, 0.717) is 0 Å². The molecule has 2 aromatic carbocycles. The lowest BCUT2D eigenvalue weighted by Crippen LogP contribution is -2.63. The molecule has 4 rings (SSSR count). The Kier molecular flexibility index (Phi) is 8.87. The van der Waals surface area contributed by atoms with E-state index >= 15 is 0 Å². The molecule has 0 saturated carbocycles. The summed E-state index contributed by atoms with van der Waals surface area (Å²) in [4.78, 5) is 0. The average molecular weight is 491 g/mol. The van der Waals surface area contributed by atoms with E-state index < -0.39 is 61.4 Å². The Morgan fingerprint density at radius 1 is 0.629 bits per heavy atom. The minimum atomic E-state index is -1.51. The van der Waals surface area contributed by atoms with E-state index in [4.69, 9.17) is 23.7 Å². The first kappa shape index (κ1) is 26.2. The second kappa shape index (κ2) is 11.9. The van der Waals surface area contributed by atoms with Crippen LogP contribution in [0.3, 0.4) is 0 Å². The molecule has 0 amide bonds. The lowest BCUT2D eigenvalue weighted by Gasteiger charge is -2.47. The van der Waals surface area contributed by atoms with Crippen molar-refractivity contribution >= 4 is 0 Å². The molecule has 2 aliphatic rings. The SMILES string of the molecule is C[C@H]1O[C@H](O[C@H]2[C@H](OCc3ccccc3)[C@@H](C)OC(O)[C@H]2OCc2ccccc2)[C@@H](O)[C@@H](O)[C@@H]1O.